The number of carbonyl (C=O) groups is 1. The van der Waals surface area contributed by atoms with E-state index in [9.17, 15) is 4.79 Å². The molecule has 1 aliphatic rings. The lowest BCUT2D eigenvalue weighted by molar-refractivity contribution is -0.122. The van der Waals surface area contributed by atoms with Crippen LogP contribution in [0.3, 0.4) is 0 Å². The molecular weight excluding hydrogens is 244 g/mol. The Morgan fingerprint density at radius 2 is 2.21 bits per heavy atom. The smallest absolute Gasteiger partial charge is 0.243 e. The first-order valence-corrected chi connectivity index (χ1v) is 6.38. The number of rotatable bonds is 6. The van der Waals surface area contributed by atoms with Crippen LogP contribution in [0.15, 0.2) is 24.3 Å². The van der Waals surface area contributed by atoms with Gasteiger partial charge < -0.3 is 20.5 Å². The molecule has 0 saturated carbocycles. The maximum atomic E-state index is 10.5. The van der Waals surface area contributed by atoms with Crippen molar-refractivity contribution in [3.05, 3.63) is 29.8 Å². The largest absolute Gasteiger partial charge is 0.486 e. The van der Waals surface area contributed by atoms with Gasteiger partial charge in [-0.3, -0.25) is 4.79 Å². The van der Waals surface area contributed by atoms with Crippen LogP contribution in [0.2, 0.25) is 0 Å². The van der Waals surface area contributed by atoms with E-state index < -0.39 is 5.91 Å². The van der Waals surface area contributed by atoms with Crippen LogP contribution in [-0.4, -0.2) is 31.3 Å². The zero-order chi connectivity index (χ0) is 13.9. The average molecular weight is 264 g/mol. The van der Waals surface area contributed by atoms with Crippen molar-refractivity contribution >= 4 is 5.91 Å². The lowest BCUT2D eigenvalue weighted by atomic mass is 9.94. The topological polar surface area (TPSA) is 73.6 Å². The van der Waals surface area contributed by atoms with Crippen molar-refractivity contribution in [2.75, 3.05) is 19.8 Å². The highest BCUT2D eigenvalue weighted by atomic mass is 16.5. The average Bonchev–Trinajstić information content (AvgIpc) is 2.59. The van der Waals surface area contributed by atoms with Gasteiger partial charge in [0.2, 0.25) is 5.91 Å². The molecule has 104 valence electrons. The summed E-state index contributed by atoms with van der Waals surface area (Å²) < 4.78 is 11.1. The normalized spacial score (nSPS) is 19.8. The Labute approximate surface area is 113 Å². The third-order valence-corrected chi connectivity index (χ3v) is 3.14. The van der Waals surface area contributed by atoms with Gasteiger partial charge in [-0.2, -0.15) is 0 Å². The molecule has 0 fully saturated rings. The Morgan fingerprint density at radius 1 is 1.47 bits per heavy atom. The zero-order valence-electron chi connectivity index (χ0n) is 11.3. The van der Waals surface area contributed by atoms with Crippen LogP contribution in [0.4, 0.5) is 0 Å². The molecule has 5 heteroatoms. The summed E-state index contributed by atoms with van der Waals surface area (Å²) >= 11 is 0. The molecule has 0 saturated heterocycles. The quantitative estimate of drug-likeness (QED) is 0.751. The summed E-state index contributed by atoms with van der Waals surface area (Å²) in [6.07, 6.45) is 0. The molecule has 1 unspecified atom stereocenters. The van der Waals surface area contributed by atoms with Gasteiger partial charge in [0.05, 0.1) is 12.6 Å². The number of hydrogen-bond acceptors (Lipinski definition) is 4. The highest BCUT2D eigenvalue weighted by Crippen LogP contribution is 2.42. The lowest BCUT2D eigenvalue weighted by Crippen LogP contribution is -2.40. The van der Waals surface area contributed by atoms with Gasteiger partial charge in [-0.15, -0.1) is 0 Å². The molecule has 1 amide bonds. The Bertz CT molecular complexity index is 460. The molecule has 0 spiro atoms. The first kappa shape index (κ1) is 13.8. The van der Waals surface area contributed by atoms with Gasteiger partial charge >= 0.3 is 0 Å². The highest BCUT2D eigenvalue weighted by molar-refractivity contribution is 5.74. The summed E-state index contributed by atoms with van der Waals surface area (Å²) in [4.78, 5) is 10.5. The van der Waals surface area contributed by atoms with E-state index in [0.717, 1.165) is 11.3 Å². The van der Waals surface area contributed by atoms with Crippen molar-refractivity contribution in [1.29, 1.82) is 0 Å². The van der Waals surface area contributed by atoms with Crippen molar-refractivity contribution in [2.45, 2.75) is 25.5 Å². The second kappa shape index (κ2) is 5.59. The van der Waals surface area contributed by atoms with E-state index in [1.165, 1.54) is 0 Å². The molecule has 2 rings (SSSR count). The molecule has 0 aromatic heterocycles. The predicted octanol–water partition coefficient (Wildman–Crippen LogP) is 0.990. The molecule has 1 aromatic rings. The van der Waals surface area contributed by atoms with Crippen molar-refractivity contribution < 1.29 is 14.3 Å². The fourth-order valence-electron chi connectivity index (χ4n) is 2.33. The summed E-state index contributed by atoms with van der Waals surface area (Å²) in [6.45, 7) is 5.14. The van der Waals surface area contributed by atoms with Gasteiger partial charge in [-0.1, -0.05) is 18.2 Å². The molecule has 3 N–H and O–H groups in total. The number of nitrogens with two attached hydrogens (primary N) is 1. The summed E-state index contributed by atoms with van der Waals surface area (Å²) in [5.74, 6) is 0.470. The Balaban J connectivity index is 1.90. The van der Waals surface area contributed by atoms with Crippen LogP contribution >= 0.6 is 0 Å². The summed E-state index contributed by atoms with van der Waals surface area (Å²) in [5, 5.41) is 3.40. The van der Waals surface area contributed by atoms with Crippen molar-refractivity contribution in [2.24, 2.45) is 5.73 Å². The molecule has 1 aromatic carbocycles. The van der Waals surface area contributed by atoms with E-state index in [4.69, 9.17) is 15.2 Å². The van der Waals surface area contributed by atoms with Gasteiger partial charge in [0, 0.05) is 12.1 Å². The monoisotopic (exact) mass is 264 g/mol. The van der Waals surface area contributed by atoms with Gasteiger partial charge in [0.1, 0.15) is 18.0 Å². The molecule has 1 aliphatic heterocycles. The minimum Gasteiger partial charge on any atom is -0.486 e. The van der Waals surface area contributed by atoms with E-state index in [2.05, 4.69) is 25.2 Å². The molecule has 0 bridgehead atoms. The van der Waals surface area contributed by atoms with Crippen molar-refractivity contribution in [3.63, 3.8) is 0 Å². The fourth-order valence-corrected chi connectivity index (χ4v) is 2.33. The fraction of sp³-hybridized carbons (Fsp3) is 0.500. The number of benzene rings is 1. The maximum Gasteiger partial charge on any atom is 0.243 e. The van der Waals surface area contributed by atoms with E-state index in [0.29, 0.717) is 13.2 Å². The molecular formula is C14H20N2O3. The zero-order valence-corrected chi connectivity index (χ0v) is 11.3. The summed E-state index contributed by atoms with van der Waals surface area (Å²) in [6, 6.07) is 8.12. The SMILES string of the molecule is CC1(C)Oc2ccccc2C1NCCOCC(N)=O. The molecule has 1 heterocycles. The minimum atomic E-state index is -0.449. The summed E-state index contributed by atoms with van der Waals surface area (Å²) in [5.41, 5.74) is 5.86. The molecule has 19 heavy (non-hydrogen) atoms. The number of hydrogen-bond donors (Lipinski definition) is 2. The van der Waals surface area contributed by atoms with Gasteiger partial charge in [-0.05, 0) is 19.9 Å². The second-order valence-corrected chi connectivity index (χ2v) is 5.15. The number of nitrogens with one attached hydrogen (secondary N) is 1. The third kappa shape index (κ3) is 3.24. The lowest BCUT2D eigenvalue weighted by Gasteiger charge is -2.27. The van der Waals surface area contributed by atoms with Crippen LogP contribution in [-0.2, 0) is 9.53 Å². The number of amides is 1. The van der Waals surface area contributed by atoms with Crippen LogP contribution < -0.4 is 15.8 Å². The minimum absolute atomic E-state index is 0.0389. The van der Waals surface area contributed by atoms with Crippen LogP contribution in [0, 0.1) is 0 Å². The van der Waals surface area contributed by atoms with E-state index in [1.807, 2.05) is 18.2 Å². The number of ether oxygens (including phenoxy) is 2. The van der Waals surface area contributed by atoms with Gasteiger partial charge in [0.25, 0.3) is 0 Å². The second-order valence-electron chi connectivity index (χ2n) is 5.15. The van der Waals surface area contributed by atoms with E-state index in [-0.39, 0.29) is 18.2 Å². The Kier molecular flexibility index (Phi) is 4.07. The third-order valence-electron chi connectivity index (χ3n) is 3.14. The molecule has 5 nitrogen and oxygen atoms in total. The van der Waals surface area contributed by atoms with Gasteiger partial charge in [0.15, 0.2) is 0 Å². The Morgan fingerprint density at radius 3 is 2.95 bits per heavy atom. The van der Waals surface area contributed by atoms with Crippen LogP contribution in [0.1, 0.15) is 25.5 Å². The van der Waals surface area contributed by atoms with Crippen molar-refractivity contribution in [1.82, 2.24) is 5.32 Å². The predicted molar refractivity (Wildman–Crippen MR) is 71.9 cm³/mol. The standard InChI is InChI=1S/C14H20N2O3/c1-14(2)13(16-7-8-18-9-12(15)17)10-5-3-4-6-11(10)19-14/h3-6,13,16H,7-9H2,1-2H3,(H2,15,17). The van der Waals surface area contributed by atoms with Crippen LogP contribution in [0.25, 0.3) is 0 Å². The van der Waals surface area contributed by atoms with Crippen molar-refractivity contribution in [3.8, 4) is 5.75 Å². The molecule has 0 aliphatic carbocycles. The highest BCUT2D eigenvalue weighted by Gasteiger charge is 2.40. The van der Waals surface area contributed by atoms with E-state index in [1.54, 1.807) is 0 Å². The number of primary amides is 1. The Hall–Kier alpha value is -1.59. The number of fused-ring (bicyclic) bond motifs is 1. The number of para-hydroxylation sites is 1. The van der Waals surface area contributed by atoms with E-state index >= 15 is 0 Å². The maximum absolute atomic E-state index is 10.5. The molecule has 0 radical (unpaired) electrons. The number of carbonyl (C=O) groups excluding carboxylic acids is 1. The van der Waals surface area contributed by atoms with Crippen LogP contribution in [0.5, 0.6) is 5.75 Å². The van der Waals surface area contributed by atoms with Gasteiger partial charge in [-0.25, -0.2) is 0 Å². The first-order chi connectivity index (χ1) is 9.00. The first-order valence-electron chi connectivity index (χ1n) is 6.38. The molecule has 1 atom stereocenters. The summed E-state index contributed by atoms with van der Waals surface area (Å²) in [7, 11) is 0.